The van der Waals surface area contributed by atoms with Crippen LogP contribution < -0.4 is 0 Å². The van der Waals surface area contributed by atoms with Crippen LogP contribution in [0.2, 0.25) is 0 Å². The van der Waals surface area contributed by atoms with Crippen LogP contribution in [0.15, 0.2) is 11.1 Å². The summed E-state index contributed by atoms with van der Waals surface area (Å²) in [6, 6.07) is 0. The Kier molecular flexibility index (Phi) is 2.21. The molecule has 0 amide bonds. The molecule has 4 rings (SSSR count). The van der Waals surface area contributed by atoms with Crippen LogP contribution in [0.4, 0.5) is 0 Å². The number of hydrogen-bond acceptors (Lipinski definition) is 4. The van der Waals surface area contributed by atoms with Gasteiger partial charge in [0.25, 0.3) is 0 Å². The highest BCUT2D eigenvalue weighted by Crippen LogP contribution is 2.54. The van der Waals surface area contributed by atoms with E-state index in [1.807, 2.05) is 0 Å². The number of carbonyl (C=O) groups excluding carboxylic acids is 2. The fourth-order valence-electron chi connectivity index (χ4n) is 4.56. The molecule has 102 valence electrons. The molecule has 1 N–H and O–H groups in total. The molecule has 0 aromatic heterocycles. The number of allylic oxidation sites excluding steroid dienone is 1. The molecule has 19 heavy (non-hydrogen) atoms. The highest BCUT2D eigenvalue weighted by atomic mass is 16.6. The molecule has 1 saturated carbocycles. The van der Waals surface area contributed by atoms with E-state index < -0.39 is 11.4 Å². The fourth-order valence-corrected chi connectivity index (χ4v) is 4.56. The van der Waals surface area contributed by atoms with Crippen molar-refractivity contribution in [1.82, 2.24) is 0 Å². The Morgan fingerprint density at radius 1 is 1.11 bits per heavy atom. The maximum atomic E-state index is 12.7. The lowest BCUT2D eigenvalue weighted by atomic mass is 9.79. The van der Waals surface area contributed by atoms with Gasteiger partial charge in [-0.1, -0.05) is 0 Å². The van der Waals surface area contributed by atoms with E-state index in [0.717, 1.165) is 36.8 Å². The van der Waals surface area contributed by atoms with Crippen LogP contribution in [0, 0.1) is 5.92 Å². The number of ketones is 2. The molecular formula is C15H18O4. The normalized spacial score (nSPS) is 45.2. The SMILES string of the molecule is O=C1C2=C(CCC2)[C@]2(O)CCC[C@]3(O2)C(=O)CC[C@@H]13. The minimum atomic E-state index is -1.35. The standard InChI is InChI=1S/C15H18O4/c16-12-6-5-11-13(17)9-3-1-4-10(9)15(18)8-2-7-14(11,12)19-15/h11,18H,1-8H2/t11-,14+,15-/m0/s1. The Labute approximate surface area is 111 Å². The number of fused-ring (bicyclic) bond motifs is 2. The third kappa shape index (κ3) is 1.31. The lowest BCUT2D eigenvalue weighted by molar-refractivity contribution is -0.266. The second-order valence-corrected chi connectivity index (χ2v) is 6.32. The zero-order valence-electron chi connectivity index (χ0n) is 10.9. The van der Waals surface area contributed by atoms with Crippen molar-refractivity contribution in [3.63, 3.8) is 0 Å². The Morgan fingerprint density at radius 2 is 1.95 bits per heavy atom. The summed E-state index contributed by atoms with van der Waals surface area (Å²) >= 11 is 0. The van der Waals surface area contributed by atoms with Crippen LogP contribution in [-0.2, 0) is 14.3 Å². The van der Waals surface area contributed by atoms with E-state index in [4.69, 9.17) is 4.74 Å². The molecule has 4 nitrogen and oxygen atoms in total. The van der Waals surface area contributed by atoms with Crippen molar-refractivity contribution in [2.24, 2.45) is 5.92 Å². The van der Waals surface area contributed by atoms with Gasteiger partial charge in [0.15, 0.2) is 17.4 Å². The first-order chi connectivity index (χ1) is 9.07. The summed E-state index contributed by atoms with van der Waals surface area (Å²) in [6.45, 7) is 0. The second-order valence-electron chi connectivity index (χ2n) is 6.32. The van der Waals surface area contributed by atoms with E-state index in [2.05, 4.69) is 0 Å². The summed E-state index contributed by atoms with van der Waals surface area (Å²) in [5, 5.41) is 10.8. The third-order valence-electron chi connectivity index (χ3n) is 5.41. The Hall–Kier alpha value is -1.00. The first kappa shape index (κ1) is 11.8. The van der Waals surface area contributed by atoms with Crippen molar-refractivity contribution in [3.05, 3.63) is 11.1 Å². The van der Waals surface area contributed by atoms with E-state index >= 15 is 0 Å². The van der Waals surface area contributed by atoms with Crippen molar-refractivity contribution >= 4 is 11.6 Å². The van der Waals surface area contributed by atoms with E-state index in [0.29, 0.717) is 25.7 Å². The summed E-state index contributed by atoms with van der Waals surface area (Å²) < 4.78 is 5.97. The molecule has 0 radical (unpaired) electrons. The molecule has 3 atom stereocenters. The lowest BCUT2D eigenvalue weighted by Gasteiger charge is -2.44. The number of Topliss-reactive ketones (excluding diaryl/α,β-unsaturated/α-hetero) is 2. The van der Waals surface area contributed by atoms with Crippen molar-refractivity contribution < 1.29 is 19.4 Å². The van der Waals surface area contributed by atoms with Crippen molar-refractivity contribution in [2.45, 2.75) is 62.8 Å². The zero-order chi connectivity index (χ0) is 13.3. The van der Waals surface area contributed by atoms with Crippen LogP contribution in [0.25, 0.3) is 0 Å². The molecule has 1 spiro atoms. The van der Waals surface area contributed by atoms with E-state index in [9.17, 15) is 14.7 Å². The topological polar surface area (TPSA) is 63.6 Å². The van der Waals surface area contributed by atoms with E-state index in [1.165, 1.54) is 0 Å². The van der Waals surface area contributed by atoms with Gasteiger partial charge in [-0.05, 0) is 44.1 Å². The molecule has 2 heterocycles. The minimum Gasteiger partial charge on any atom is -0.362 e. The maximum Gasteiger partial charge on any atom is 0.190 e. The monoisotopic (exact) mass is 262 g/mol. The second kappa shape index (κ2) is 3.55. The van der Waals surface area contributed by atoms with Gasteiger partial charge in [0, 0.05) is 18.4 Å². The molecule has 2 aliphatic heterocycles. The summed E-state index contributed by atoms with van der Waals surface area (Å²) in [7, 11) is 0. The quantitative estimate of drug-likeness (QED) is 0.721. The Bertz CT molecular complexity index is 520. The van der Waals surface area contributed by atoms with Gasteiger partial charge < -0.3 is 9.84 Å². The lowest BCUT2D eigenvalue weighted by Crippen LogP contribution is -2.54. The molecule has 4 aliphatic rings. The largest absolute Gasteiger partial charge is 0.362 e. The number of carbonyl (C=O) groups is 2. The number of hydrogen-bond donors (Lipinski definition) is 1. The van der Waals surface area contributed by atoms with Crippen LogP contribution in [0.1, 0.15) is 51.4 Å². The van der Waals surface area contributed by atoms with Gasteiger partial charge in [-0.2, -0.15) is 0 Å². The molecule has 0 aromatic rings. The zero-order valence-corrected chi connectivity index (χ0v) is 10.9. The Balaban J connectivity index is 1.92. The van der Waals surface area contributed by atoms with Gasteiger partial charge in [0.1, 0.15) is 5.60 Å². The first-order valence-electron chi connectivity index (χ1n) is 7.29. The molecular weight excluding hydrogens is 244 g/mol. The number of aliphatic hydroxyl groups is 1. The van der Waals surface area contributed by atoms with E-state index in [-0.39, 0.29) is 17.5 Å². The van der Waals surface area contributed by atoms with Crippen molar-refractivity contribution in [2.75, 3.05) is 0 Å². The van der Waals surface area contributed by atoms with Gasteiger partial charge in [-0.15, -0.1) is 0 Å². The van der Waals surface area contributed by atoms with Crippen molar-refractivity contribution in [1.29, 1.82) is 0 Å². The smallest absolute Gasteiger partial charge is 0.190 e. The van der Waals surface area contributed by atoms with Gasteiger partial charge in [-0.3, -0.25) is 9.59 Å². The molecule has 1 saturated heterocycles. The predicted molar refractivity (Wildman–Crippen MR) is 66.2 cm³/mol. The maximum absolute atomic E-state index is 12.7. The van der Waals surface area contributed by atoms with Crippen LogP contribution in [-0.4, -0.2) is 28.1 Å². The molecule has 2 fully saturated rings. The van der Waals surface area contributed by atoms with Gasteiger partial charge in [0.05, 0.1) is 5.92 Å². The summed E-state index contributed by atoms with van der Waals surface area (Å²) in [6.07, 6.45) is 5.24. The third-order valence-corrected chi connectivity index (χ3v) is 5.41. The van der Waals surface area contributed by atoms with Crippen LogP contribution >= 0.6 is 0 Å². The number of rotatable bonds is 0. The van der Waals surface area contributed by atoms with E-state index in [1.54, 1.807) is 0 Å². The van der Waals surface area contributed by atoms with Crippen molar-refractivity contribution in [3.8, 4) is 0 Å². The Morgan fingerprint density at radius 3 is 2.79 bits per heavy atom. The number of ether oxygens (including phenoxy) is 1. The molecule has 2 aliphatic carbocycles. The molecule has 0 aromatic carbocycles. The molecule has 0 unspecified atom stereocenters. The predicted octanol–water partition coefficient (Wildman–Crippen LogP) is 1.66. The first-order valence-corrected chi connectivity index (χ1v) is 7.29. The van der Waals surface area contributed by atoms with Gasteiger partial charge in [-0.25, -0.2) is 0 Å². The highest BCUT2D eigenvalue weighted by molar-refractivity contribution is 6.06. The average Bonchev–Trinajstić information content (AvgIpc) is 2.95. The highest BCUT2D eigenvalue weighted by Gasteiger charge is 2.62. The summed E-state index contributed by atoms with van der Waals surface area (Å²) in [5.41, 5.74) is 0.527. The average molecular weight is 262 g/mol. The molecule has 4 heteroatoms. The van der Waals surface area contributed by atoms with Gasteiger partial charge >= 0.3 is 0 Å². The summed E-state index contributed by atoms with van der Waals surface area (Å²) in [5.74, 6) is -1.60. The molecule has 2 bridgehead atoms. The van der Waals surface area contributed by atoms with Crippen LogP contribution in [0.3, 0.4) is 0 Å². The van der Waals surface area contributed by atoms with Crippen LogP contribution in [0.5, 0.6) is 0 Å². The van der Waals surface area contributed by atoms with Gasteiger partial charge in [0.2, 0.25) is 0 Å². The summed E-state index contributed by atoms with van der Waals surface area (Å²) in [4.78, 5) is 25.0. The fraction of sp³-hybridized carbons (Fsp3) is 0.733. The minimum absolute atomic E-state index is 0.0187.